The summed E-state index contributed by atoms with van der Waals surface area (Å²) in [5.74, 6) is -0.691. The van der Waals surface area contributed by atoms with Gasteiger partial charge in [0.25, 0.3) is 5.56 Å². The molecule has 3 aromatic rings. The SMILES string of the molecule is CCOC(=O)c1c[nH]c2c(C#N)c(-c3ccccc3)cn2c1=O. The predicted octanol–water partition coefficient (Wildman–Crippen LogP) is 2.34. The first kappa shape index (κ1) is 14.6. The number of aromatic amines is 1. The van der Waals surface area contributed by atoms with E-state index in [4.69, 9.17) is 4.74 Å². The van der Waals surface area contributed by atoms with Crippen LogP contribution in [0, 0.1) is 11.3 Å². The Bertz CT molecular complexity index is 978. The van der Waals surface area contributed by atoms with Crippen LogP contribution in [0.25, 0.3) is 16.8 Å². The standard InChI is InChI=1S/C17H13N3O3/c1-2-23-17(22)13-9-19-15-12(8-18)14(10-20(15)16(13)21)11-6-4-3-5-7-11/h3-7,9-10,19H,2H2,1H3. The van der Waals surface area contributed by atoms with Gasteiger partial charge >= 0.3 is 5.97 Å². The quantitative estimate of drug-likeness (QED) is 0.752. The third-order valence-electron chi connectivity index (χ3n) is 3.50. The van der Waals surface area contributed by atoms with Crippen LogP contribution >= 0.6 is 0 Å². The van der Waals surface area contributed by atoms with E-state index in [9.17, 15) is 14.9 Å². The Balaban J connectivity index is 2.27. The van der Waals surface area contributed by atoms with E-state index in [0.29, 0.717) is 16.8 Å². The van der Waals surface area contributed by atoms with E-state index in [1.54, 1.807) is 13.1 Å². The number of nitriles is 1. The van der Waals surface area contributed by atoms with E-state index in [1.165, 1.54) is 10.6 Å². The molecule has 6 nitrogen and oxygen atoms in total. The second-order valence-corrected chi connectivity index (χ2v) is 4.84. The zero-order chi connectivity index (χ0) is 16.4. The van der Waals surface area contributed by atoms with Crippen molar-refractivity contribution in [3.8, 4) is 17.2 Å². The normalized spacial score (nSPS) is 10.4. The number of carbonyl (C=O) groups is 1. The Morgan fingerprint density at radius 3 is 2.74 bits per heavy atom. The summed E-state index contributed by atoms with van der Waals surface area (Å²) in [6.45, 7) is 1.85. The fourth-order valence-electron chi connectivity index (χ4n) is 2.44. The van der Waals surface area contributed by atoms with Gasteiger partial charge in [0.05, 0.1) is 6.61 Å². The van der Waals surface area contributed by atoms with Crippen LogP contribution in [0.5, 0.6) is 0 Å². The van der Waals surface area contributed by atoms with E-state index >= 15 is 0 Å². The van der Waals surface area contributed by atoms with Gasteiger partial charge in [-0.25, -0.2) is 4.79 Å². The van der Waals surface area contributed by atoms with Crippen LogP contribution in [0.2, 0.25) is 0 Å². The molecule has 0 bridgehead atoms. The average molecular weight is 307 g/mol. The Morgan fingerprint density at radius 1 is 1.35 bits per heavy atom. The van der Waals surface area contributed by atoms with Crippen LogP contribution in [-0.4, -0.2) is 22.0 Å². The van der Waals surface area contributed by atoms with Crippen LogP contribution in [0.3, 0.4) is 0 Å². The van der Waals surface area contributed by atoms with Crippen molar-refractivity contribution in [1.29, 1.82) is 5.26 Å². The average Bonchev–Trinajstić information content (AvgIpc) is 2.95. The summed E-state index contributed by atoms with van der Waals surface area (Å²) in [6, 6.07) is 11.4. The van der Waals surface area contributed by atoms with Crippen LogP contribution in [0.4, 0.5) is 0 Å². The first-order valence-corrected chi connectivity index (χ1v) is 7.06. The number of hydrogen-bond donors (Lipinski definition) is 1. The van der Waals surface area contributed by atoms with E-state index in [1.807, 2.05) is 30.3 Å². The van der Waals surface area contributed by atoms with Crippen LogP contribution < -0.4 is 5.56 Å². The van der Waals surface area contributed by atoms with Gasteiger partial charge in [-0.1, -0.05) is 30.3 Å². The number of ether oxygens (including phenoxy) is 1. The summed E-state index contributed by atoms with van der Waals surface area (Å²) in [5.41, 5.74) is 1.53. The summed E-state index contributed by atoms with van der Waals surface area (Å²) >= 11 is 0. The minimum Gasteiger partial charge on any atom is -0.462 e. The van der Waals surface area contributed by atoms with E-state index < -0.39 is 11.5 Å². The lowest BCUT2D eigenvalue weighted by atomic mass is 10.1. The molecule has 23 heavy (non-hydrogen) atoms. The van der Waals surface area contributed by atoms with Gasteiger partial charge in [-0.15, -0.1) is 0 Å². The van der Waals surface area contributed by atoms with Crippen molar-refractivity contribution in [3.63, 3.8) is 0 Å². The molecule has 0 saturated heterocycles. The lowest BCUT2D eigenvalue weighted by molar-refractivity contribution is 0.0523. The molecule has 0 spiro atoms. The molecule has 0 radical (unpaired) electrons. The number of aromatic nitrogens is 2. The molecule has 6 heteroatoms. The van der Waals surface area contributed by atoms with Gasteiger partial charge in [-0.3, -0.25) is 9.20 Å². The molecule has 0 amide bonds. The van der Waals surface area contributed by atoms with Crippen molar-refractivity contribution in [2.45, 2.75) is 6.92 Å². The highest BCUT2D eigenvalue weighted by Gasteiger charge is 2.19. The van der Waals surface area contributed by atoms with Crippen molar-refractivity contribution >= 4 is 11.6 Å². The molecule has 114 valence electrons. The van der Waals surface area contributed by atoms with Crippen molar-refractivity contribution in [2.75, 3.05) is 6.61 Å². The molecule has 0 atom stereocenters. The van der Waals surface area contributed by atoms with Crippen LogP contribution in [0.1, 0.15) is 22.8 Å². The van der Waals surface area contributed by atoms with E-state index in [2.05, 4.69) is 11.1 Å². The molecule has 1 N–H and O–H groups in total. The summed E-state index contributed by atoms with van der Waals surface area (Å²) in [5, 5.41) is 9.44. The zero-order valence-corrected chi connectivity index (χ0v) is 12.4. The minimum atomic E-state index is -0.691. The Morgan fingerprint density at radius 2 is 2.09 bits per heavy atom. The zero-order valence-electron chi connectivity index (χ0n) is 12.4. The van der Waals surface area contributed by atoms with Crippen LogP contribution in [0.15, 0.2) is 47.5 Å². The number of carbonyl (C=O) groups excluding carboxylic acids is 1. The molecule has 1 aromatic carbocycles. The van der Waals surface area contributed by atoms with Gasteiger partial charge in [0.1, 0.15) is 22.8 Å². The van der Waals surface area contributed by atoms with Gasteiger partial charge in [0.15, 0.2) is 0 Å². The molecule has 2 aromatic heterocycles. The third kappa shape index (κ3) is 2.38. The Kier molecular flexibility index (Phi) is 3.69. The molecule has 0 aliphatic carbocycles. The highest BCUT2D eigenvalue weighted by atomic mass is 16.5. The second kappa shape index (κ2) is 5.81. The molecular weight excluding hydrogens is 294 g/mol. The van der Waals surface area contributed by atoms with Crippen LogP contribution in [-0.2, 0) is 4.74 Å². The van der Waals surface area contributed by atoms with Gasteiger partial charge in [0, 0.05) is 18.0 Å². The lowest BCUT2D eigenvalue weighted by Crippen LogP contribution is -2.23. The van der Waals surface area contributed by atoms with Gasteiger partial charge < -0.3 is 9.72 Å². The third-order valence-corrected chi connectivity index (χ3v) is 3.50. The molecule has 0 saturated carbocycles. The number of H-pyrrole nitrogens is 1. The van der Waals surface area contributed by atoms with E-state index in [0.717, 1.165) is 5.56 Å². The predicted molar refractivity (Wildman–Crippen MR) is 84.1 cm³/mol. The van der Waals surface area contributed by atoms with Gasteiger partial charge in [-0.05, 0) is 12.5 Å². The molecule has 3 rings (SSSR count). The monoisotopic (exact) mass is 307 g/mol. The number of nitrogens with zero attached hydrogens (tertiary/aromatic N) is 2. The molecular formula is C17H13N3O3. The molecule has 0 fully saturated rings. The van der Waals surface area contributed by atoms with Crippen molar-refractivity contribution in [1.82, 2.24) is 9.38 Å². The summed E-state index contributed by atoms with van der Waals surface area (Å²) in [4.78, 5) is 27.2. The molecule has 2 heterocycles. The smallest absolute Gasteiger partial charge is 0.345 e. The number of nitrogens with one attached hydrogen (secondary N) is 1. The maximum Gasteiger partial charge on any atom is 0.345 e. The summed E-state index contributed by atoms with van der Waals surface area (Å²) in [7, 11) is 0. The molecule has 0 aliphatic rings. The number of hydrogen-bond acceptors (Lipinski definition) is 4. The maximum atomic E-state index is 12.5. The van der Waals surface area contributed by atoms with Crippen molar-refractivity contribution in [3.05, 3.63) is 64.2 Å². The second-order valence-electron chi connectivity index (χ2n) is 4.84. The molecule has 0 aliphatic heterocycles. The fraction of sp³-hybridized carbons (Fsp3) is 0.118. The molecule has 0 unspecified atom stereocenters. The maximum absolute atomic E-state index is 12.5. The number of esters is 1. The number of benzene rings is 1. The first-order valence-electron chi connectivity index (χ1n) is 7.06. The highest BCUT2D eigenvalue weighted by molar-refractivity contribution is 5.89. The van der Waals surface area contributed by atoms with Crippen molar-refractivity contribution in [2.24, 2.45) is 0 Å². The summed E-state index contributed by atoms with van der Waals surface area (Å²) in [6.07, 6.45) is 2.84. The number of fused-ring (bicyclic) bond motifs is 1. The fourth-order valence-corrected chi connectivity index (χ4v) is 2.44. The van der Waals surface area contributed by atoms with Crippen molar-refractivity contribution < 1.29 is 9.53 Å². The topological polar surface area (TPSA) is 87.4 Å². The highest BCUT2D eigenvalue weighted by Crippen LogP contribution is 2.26. The first-order chi connectivity index (χ1) is 11.2. The summed E-state index contributed by atoms with van der Waals surface area (Å²) < 4.78 is 6.14. The minimum absolute atomic E-state index is 0.0987. The van der Waals surface area contributed by atoms with E-state index in [-0.39, 0.29) is 12.2 Å². The Labute approximate surface area is 131 Å². The number of rotatable bonds is 3. The van der Waals surface area contributed by atoms with Gasteiger partial charge in [-0.2, -0.15) is 5.26 Å². The van der Waals surface area contributed by atoms with Gasteiger partial charge in [0.2, 0.25) is 0 Å². The Hall–Kier alpha value is -3.33. The lowest BCUT2D eigenvalue weighted by Gasteiger charge is -2.02. The largest absolute Gasteiger partial charge is 0.462 e.